The van der Waals surface area contributed by atoms with Crippen LogP contribution < -0.4 is 24.4 Å². The molecule has 5 rings (SSSR count). The van der Waals surface area contributed by atoms with Crippen LogP contribution in [0.1, 0.15) is 20.7 Å². The molecule has 4 aromatic carbocycles. The first-order valence-corrected chi connectivity index (χ1v) is 13.6. The van der Waals surface area contributed by atoms with Gasteiger partial charge in [-0.2, -0.15) is 0 Å². The quantitative estimate of drug-likeness (QED) is 0.286. The molecule has 0 atom stereocenters. The zero-order valence-corrected chi connectivity index (χ0v) is 24.2. The number of benzene rings is 4. The van der Waals surface area contributed by atoms with Crippen LogP contribution in [0.5, 0.6) is 17.2 Å². The highest BCUT2D eigenvalue weighted by molar-refractivity contribution is 9.10. The summed E-state index contributed by atoms with van der Waals surface area (Å²) in [5, 5.41) is 4.90. The molecule has 0 aliphatic carbocycles. The Kier molecular flexibility index (Phi) is 8.11. The van der Waals surface area contributed by atoms with Crippen LogP contribution in [0.2, 0.25) is 0 Å². The van der Waals surface area contributed by atoms with Crippen LogP contribution >= 0.6 is 15.9 Å². The van der Waals surface area contributed by atoms with Gasteiger partial charge in [-0.3, -0.25) is 9.59 Å². The molecule has 2 amide bonds. The van der Waals surface area contributed by atoms with Crippen molar-refractivity contribution in [3.63, 3.8) is 0 Å². The van der Waals surface area contributed by atoms with Gasteiger partial charge in [-0.25, -0.2) is 0 Å². The van der Waals surface area contributed by atoms with Crippen LogP contribution in [0.3, 0.4) is 0 Å². The molecule has 8 nitrogen and oxygen atoms in total. The first-order valence-electron chi connectivity index (χ1n) is 12.9. The van der Waals surface area contributed by atoms with Crippen molar-refractivity contribution in [2.45, 2.75) is 0 Å². The van der Waals surface area contributed by atoms with Crippen LogP contribution in [0.25, 0.3) is 10.8 Å². The molecule has 1 N–H and O–H groups in total. The number of carbonyl (C=O) groups is 2. The van der Waals surface area contributed by atoms with Crippen LogP contribution in [-0.4, -0.2) is 64.2 Å². The lowest BCUT2D eigenvalue weighted by Gasteiger charge is -2.36. The average Bonchev–Trinajstić information content (AvgIpc) is 3.00. The van der Waals surface area contributed by atoms with Crippen molar-refractivity contribution in [3.8, 4) is 17.2 Å². The first-order chi connectivity index (χ1) is 19.4. The van der Waals surface area contributed by atoms with Gasteiger partial charge in [0.15, 0.2) is 0 Å². The predicted octanol–water partition coefficient (Wildman–Crippen LogP) is 5.84. The molecule has 1 heterocycles. The highest BCUT2D eigenvalue weighted by Crippen LogP contribution is 2.37. The molecule has 4 aromatic rings. The molecule has 1 fully saturated rings. The van der Waals surface area contributed by atoms with E-state index in [-0.39, 0.29) is 11.8 Å². The lowest BCUT2D eigenvalue weighted by atomic mass is 10.0. The standard InChI is InChI=1S/C31H30BrN3O5/c1-38-24-16-21(17-25(19-24)39-2)31(37)35-14-12-34(13-15-35)23-10-8-22(9-11-23)33-30(36)27-18-20-6-4-5-7-26(20)28(32)29(27)40-3/h4-11,16-19H,12-15H2,1-3H3,(H,33,36). The number of ether oxygens (including phenoxy) is 3. The fraction of sp³-hybridized carbons (Fsp3) is 0.226. The van der Waals surface area contributed by atoms with Gasteiger partial charge in [0, 0.05) is 49.2 Å². The maximum Gasteiger partial charge on any atom is 0.259 e. The van der Waals surface area contributed by atoms with Crippen LogP contribution in [0.15, 0.2) is 77.3 Å². The van der Waals surface area contributed by atoms with Crippen molar-refractivity contribution < 1.29 is 23.8 Å². The fourth-order valence-electron chi connectivity index (χ4n) is 4.89. The van der Waals surface area contributed by atoms with Gasteiger partial charge in [-0.05, 0) is 69.2 Å². The Balaban J connectivity index is 1.23. The summed E-state index contributed by atoms with van der Waals surface area (Å²) in [4.78, 5) is 30.4. The molecule has 206 valence electrons. The van der Waals surface area contributed by atoms with E-state index in [9.17, 15) is 9.59 Å². The Morgan fingerprint density at radius 3 is 2.08 bits per heavy atom. The Labute approximate surface area is 241 Å². The molecule has 1 aliphatic rings. The predicted molar refractivity (Wildman–Crippen MR) is 160 cm³/mol. The van der Waals surface area contributed by atoms with Gasteiger partial charge in [-0.15, -0.1) is 0 Å². The lowest BCUT2D eigenvalue weighted by Crippen LogP contribution is -2.48. The Bertz CT molecular complexity index is 1530. The summed E-state index contributed by atoms with van der Waals surface area (Å²) in [6.45, 7) is 2.57. The summed E-state index contributed by atoms with van der Waals surface area (Å²) in [5.74, 6) is 1.36. The number of hydrogen-bond donors (Lipinski definition) is 1. The fourth-order valence-corrected chi connectivity index (χ4v) is 5.62. The zero-order valence-electron chi connectivity index (χ0n) is 22.6. The zero-order chi connectivity index (χ0) is 28.2. The SMILES string of the molecule is COc1cc(OC)cc(C(=O)N2CCN(c3ccc(NC(=O)c4cc5ccccc5c(Br)c4OC)cc3)CC2)c1. The van der Waals surface area contributed by atoms with E-state index in [4.69, 9.17) is 14.2 Å². The van der Waals surface area contributed by atoms with E-state index < -0.39 is 0 Å². The second-order valence-corrected chi connectivity index (χ2v) is 10.2. The number of carbonyl (C=O) groups excluding carboxylic acids is 2. The number of hydrogen-bond acceptors (Lipinski definition) is 6. The smallest absolute Gasteiger partial charge is 0.259 e. The van der Waals surface area contributed by atoms with Crippen molar-refractivity contribution in [1.82, 2.24) is 4.90 Å². The summed E-state index contributed by atoms with van der Waals surface area (Å²) >= 11 is 3.59. The second kappa shape index (κ2) is 11.9. The van der Waals surface area contributed by atoms with E-state index >= 15 is 0 Å². The van der Waals surface area contributed by atoms with Crippen molar-refractivity contribution in [2.75, 3.05) is 57.7 Å². The van der Waals surface area contributed by atoms with Crippen molar-refractivity contribution >= 4 is 49.9 Å². The minimum atomic E-state index is -0.252. The van der Waals surface area contributed by atoms with E-state index in [1.165, 1.54) is 0 Å². The van der Waals surface area contributed by atoms with E-state index in [0.717, 1.165) is 20.9 Å². The van der Waals surface area contributed by atoms with Gasteiger partial charge < -0.3 is 29.3 Å². The Hall–Kier alpha value is -4.24. The number of nitrogens with zero attached hydrogens (tertiary/aromatic N) is 2. The third kappa shape index (κ3) is 5.56. The topological polar surface area (TPSA) is 80.3 Å². The summed E-state index contributed by atoms with van der Waals surface area (Å²) in [7, 11) is 4.69. The third-order valence-electron chi connectivity index (χ3n) is 7.05. The molecular formula is C31H30BrN3O5. The normalized spacial score (nSPS) is 13.2. The summed E-state index contributed by atoms with van der Waals surface area (Å²) < 4.78 is 16.9. The average molecular weight is 605 g/mol. The largest absolute Gasteiger partial charge is 0.497 e. The molecule has 0 spiro atoms. The van der Waals surface area contributed by atoms with Gasteiger partial charge in [0.05, 0.1) is 31.4 Å². The van der Waals surface area contributed by atoms with Crippen LogP contribution in [-0.2, 0) is 0 Å². The third-order valence-corrected chi connectivity index (χ3v) is 7.83. The van der Waals surface area contributed by atoms with Crippen molar-refractivity contribution in [2.24, 2.45) is 0 Å². The Morgan fingerprint density at radius 2 is 1.45 bits per heavy atom. The number of amides is 2. The number of piperazine rings is 1. The molecule has 1 saturated heterocycles. The van der Waals surface area contributed by atoms with E-state index in [0.29, 0.717) is 60.2 Å². The minimum Gasteiger partial charge on any atom is -0.497 e. The van der Waals surface area contributed by atoms with Crippen molar-refractivity contribution in [1.29, 1.82) is 0 Å². The summed E-state index contributed by atoms with van der Waals surface area (Å²) in [5.41, 5.74) is 2.70. The number of nitrogens with one attached hydrogen (secondary N) is 1. The molecule has 0 bridgehead atoms. The van der Waals surface area contributed by atoms with Gasteiger partial charge in [0.1, 0.15) is 17.2 Å². The molecule has 0 saturated carbocycles. The highest BCUT2D eigenvalue weighted by Gasteiger charge is 2.24. The van der Waals surface area contributed by atoms with Gasteiger partial charge in [0.2, 0.25) is 0 Å². The van der Waals surface area contributed by atoms with Crippen molar-refractivity contribution in [3.05, 3.63) is 88.4 Å². The highest BCUT2D eigenvalue weighted by atomic mass is 79.9. The monoisotopic (exact) mass is 603 g/mol. The maximum atomic E-state index is 13.2. The molecule has 40 heavy (non-hydrogen) atoms. The van der Waals surface area contributed by atoms with E-state index in [1.807, 2.05) is 59.5 Å². The molecule has 1 aliphatic heterocycles. The number of anilines is 2. The summed E-state index contributed by atoms with van der Waals surface area (Å²) in [6.07, 6.45) is 0. The number of rotatable bonds is 7. The number of methoxy groups -OCH3 is 3. The molecule has 0 aromatic heterocycles. The van der Waals surface area contributed by atoms with Gasteiger partial charge >= 0.3 is 0 Å². The molecular weight excluding hydrogens is 574 g/mol. The first kappa shape index (κ1) is 27.3. The maximum absolute atomic E-state index is 13.2. The number of fused-ring (bicyclic) bond motifs is 1. The van der Waals surface area contributed by atoms with Gasteiger partial charge in [0.25, 0.3) is 11.8 Å². The Morgan fingerprint density at radius 1 is 0.800 bits per heavy atom. The van der Waals surface area contributed by atoms with Crippen LogP contribution in [0, 0.1) is 0 Å². The minimum absolute atomic E-state index is 0.0503. The molecule has 0 unspecified atom stereocenters. The summed E-state index contributed by atoms with van der Waals surface area (Å²) in [6, 6.07) is 22.6. The lowest BCUT2D eigenvalue weighted by molar-refractivity contribution is 0.0746. The van der Waals surface area contributed by atoms with E-state index in [1.54, 1.807) is 39.5 Å². The molecule has 0 radical (unpaired) electrons. The van der Waals surface area contributed by atoms with Gasteiger partial charge in [-0.1, -0.05) is 24.3 Å². The second-order valence-electron chi connectivity index (χ2n) is 9.37. The number of halogens is 1. The van der Waals surface area contributed by atoms with Crippen LogP contribution in [0.4, 0.5) is 11.4 Å². The van der Waals surface area contributed by atoms with E-state index in [2.05, 4.69) is 26.1 Å². The molecule has 9 heteroatoms.